The Morgan fingerprint density at radius 1 is 1.50 bits per heavy atom. The zero-order valence-electron chi connectivity index (χ0n) is 11.7. The largest absolute Gasteiger partial charge is 0.387 e. The molecule has 0 bridgehead atoms. The van der Waals surface area contributed by atoms with E-state index in [1.165, 1.54) is 11.3 Å². The number of hydrogen-bond acceptors (Lipinski definition) is 3. The number of nitrogens with zero attached hydrogens (tertiary/aromatic N) is 1. The summed E-state index contributed by atoms with van der Waals surface area (Å²) < 4.78 is 0. The summed E-state index contributed by atoms with van der Waals surface area (Å²) in [4.78, 5) is 14.5. The van der Waals surface area contributed by atoms with Gasteiger partial charge in [-0.05, 0) is 45.0 Å². The first-order valence-corrected chi connectivity index (χ1v) is 6.92. The smallest absolute Gasteiger partial charge is 0.142 e. The lowest BCUT2D eigenvalue weighted by Crippen LogP contribution is -2.30. The molecule has 1 heterocycles. The summed E-state index contributed by atoms with van der Waals surface area (Å²) in [5, 5.41) is 3.42. The van der Waals surface area contributed by atoms with Crippen LogP contribution in [0.4, 0.5) is 0 Å². The van der Waals surface area contributed by atoms with Gasteiger partial charge in [-0.1, -0.05) is 19.1 Å². The molecule has 0 aromatic carbocycles. The zero-order chi connectivity index (χ0) is 13.1. The Labute approximate surface area is 110 Å². The molecule has 0 aromatic heterocycles. The highest BCUT2D eigenvalue weighted by atomic mass is 16.1. The number of ketones is 1. The van der Waals surface area contributed by atoms with E-state index in [4.69, 9.17) is 0 Å². The minimum Gasteiger partial charge on any atom is -0.387 e. The molecule has 3 heteroatoms. The molecule has 2 rings (SSSR count). The van der Waals surface area contributed by atoms with Crippen LogP contribution in [0.2, 0.25) is 0 Å². The standard InChI is InChI=1S/C15H24N2O/c1-11-6-7-12-8-9-16-15(12)14(11)13(18)5-4-10-17(2)3/h6-7,11,14,16H,4-5,8-10H2,1-3H3. The summed E-state index contributed by atoms with van der Waals surface area (Å²) in [7, 11) is 4.10. The van der Waals surface area contributed by atoms with Crippen molar-refractivity contribution in [2.75, 3.05) is 27.2 Å². The van der Waals surface area contributed by atoms with Gasteiger partial charge >= 0.3 is 0 Å². The molecule has 0 saturated carbocycles. The van der Waals surface area contributed by atoms with Gasteiger partial charge in [0, 0.05) is 18.7 Å². The molecule has 3 nitrogen and oxygen atoms in total. The molecule has 2 unspecified atom stereocenters. The SMILES string of the molecule is CC1C=CC2=C(NCC2)C1C(=O)CCCN(C)C. The van der Waals surface area contributed by atoms with Crippen molar-refractivity contribution in [3.63, 3.8) is 0 Å². The van der Waals surface area contributed by atoms with E-state index < -0.39 is 0 Å². The van der Waals surface area contributed by atoms with E-state index in [1.807, 2.05) is 0 Å². The highest BCUT2D eigenvalue weighted by Crippen LogP contribution is 2.34. The third-order valence-electron chi connectivity index (χ3n) is 3.87. The second kappa shape index (κ2) is 5.70. The fourth-order valence-electron chi connectivity index (χ4n) is 2.88. The van der Waals surface area contributed by atoms with E-state index in [0.717, 1.165) is 25.9 Å². The number of Topliss-reactive ketones (excluding diaryl/α,β-unsaturated/α-hetero) is 1. The Bertz CT molecular complexity index is 382. The van der Waals surface area contributed by atoms with Gasteiger partial charge in [0.05, 0.1) is 5.92 Å². The van der Waals surface area contributed by atoms with Crippen molar-refractivity contribution < 1.29 is 4.79 Å². The predicted octanol–water partition coefficient (Wildman–Crippen LogP) is 1.97. The Balaban J connectivity index is 1.98. The van der Waals surface area contributed by atoms with E-state index in [1.54, 1.807) is 0 Å². The topological polar surface area (TPSA) is 32.3 Å². The van der Waals surface area contributed by atoms with Crippen LogP contribution in [-0.2, 0) is 4.79 Å². The van der Waals surface area contributed by atoms with Gasteiger partial charge in [-0.3, -0.25) is 4.79 Å². The number of allylic oxidation sites excluding steroid dienone is 3. The maximum Gasteiger partial charge on any atom is 0.142 e. The molecule has 1 aliphatic heterocycles. The van der Waals surface area contributed by atoms with Crippen molar-refractivity contribution in [2.45, 2.75) is 26.2 Å². The van der Waals surface area contributed by atoms with Crippen molar-refractivity contribution >= 4 is 5.78 Å². The van der Waals surface area contributed by atoms with Crippen molar-refractivity contribution in [3.05, 3.63) is 23.4 Å². The average molecular weight is 248 g/mol. The number of rotatable bonds is 5. The Morgan fingerprint density at radius 3 is 3.00 bits per heavy atom. The molecule has 0 fully saturated rings. The fraction of sp³-hybridized carbons (Fsp3) is 0.667. The summed E-state index contributed by atoms with van der Waals surface area (Å²) >= 11 is 0. The van der Waals surface area contributed by atoms with Gasteiger partial charge in [0.2, 0.25) is 0 Å². The molecule has 0 saturated heterocycles. The summed E-state index contributed by atoms with van der Waals surface area (Å²) in [5.74, 6) is 0.812. The Morgan fingerprint density at radius 2 is 2.28 bits per heavy atom. The highest BCUT2D eigenvalue weighted by molar-refractivity contribution is 5.85. The molecule has 1 N–H and O–H groups in total. The van der Waals surface area contributed by atoms with Crippen LogP contribution in [-0.4, -0.2) is 37.9 Å². The van der Waals surface area contributed by atoms with Gasteiger partial charge in [0.1, 0.15) is 5.78 Å². The van der Waals surface area contributed by atoms with Crippen LogP contribution < -0.4 is 5.32 Å². The van der Waals surface area contributed by atoms with Crippen LogP contribution in [0.1, 0.15) is 26.2 Å². The lowest BCUT2D eigenvalue weighted by Gasteiger charge is -2.26. The van der Waals surface area contributed by atoms with E-state index in [-0.39, 0.29) is 5.92 Å². The normalized spacial score (nSPS) is 26.4. The molecule has 0 spiro atoms. The molecular formula is C15H24N2O. The average Bonchev–Trinajstić information content (AvgIpc) is 2.76. The van der Waals surface area contributed by atoms with Gasteiger partial charge in [0.25, 0.3) is 0 Å². The fourth-order valence-corrected chi connectivity index (χ4v) is 2.88. The third-order valence-corrected chi connectivity index (χ3v) is 3.87. The van der Waals surface area contributed by atoms with Gasteiger partial charge in [-0.2, -0.15) is 0 Å². The van der Waals surface area contributed by atoms with Crippen LogP contribution in [0, 0.1) is 11.8 Å². The first-order chi connectivity index (χ1) is 8.59. The number of hydrogen-bond donors (Lipinski definition) is 1. The van der Waals surface area contributed by atoms with Crippen LogP contribution in [0.25, 0.3) is 0 Å². The van der Waals surface area contributed by atoms with Crippen molar-refractivity contribution in [3.8, 4) is 0 Å². The lowest BCUT2D eigenvalue weighted by molar-refractivity contribution is -0.122. The molecule has 18 heavy (non-hydrogen) atoms. The first-order valence-electron chi connectivity index (χ1n) is 6.92. The molecular weight excluding hydrogens is 224 g/mol. The van der Waals surface area contributed by atoms with Gasteiger partial charge in [-0.25, -0.2) is 0 Å². The van der Waals surface area contributed by atoms with E-state index in [0.29, 0.717) is 18.1 Å². The molecule has 0 amide bonds. The lowest BCUT2D eigenvalue weighted by atomic mass is 9.80. The number of nitrogens with one attached hydrogen (secondary N) is 1. The molecule has 2 aliphatic rings. The summed E-state index contributed by atoms with van der Waals surface area (Å²) in [5.41, 5.74) is 2.55. The Kier molecular flexibility index (Phi) is 4.23. The second-order valence-corrected chi connectivity index (χ2v) is 5.68. The quantitative estimate of drug-likeness (QED) is 0.807. The van der Waals surface area contributed by atoms with Crippen molar-refractivity contribution in [1.82, 2.24) is 10.2 Å². The minimum absolute atomic E-state index is 0.0784. The van der Waals surface area contributed by atoms with Crippen LogP contribution in [0.3, 0.4) is 0 Å². The summed E-state index contributed by atoms with van der Waals surface area (Å²) in [6.45, 7) is 4.13. The number of carbonyl (C=O) groups is 1. The molecule has 1 aliphatic carbocycles. The third kappa shape index (κ3) is 2.83. The predicted molar refractivity (Wildman–Crippen MR) is 74.2 cm³/mol. The monoisotopic (exact) mass is 248 g/mol. The van der Waals surface area contributed by atoms with Gasteiger partial charge in [-0.15, -0.1) is 0 Å². The van der Waals surface area contributed by atoms with Gasteiger partial charge < -0.3 is 10.2 Å². The van der Waals surface area contributed by atoms with Crippen LogP contribution >= 0.6 is 0 Å². The first kappa shape index (κ1) is 13.3. The molecule has 100 valence electrons. The van der Waals surface area contributed by atoms with E-state index in [2.05, 4.69) is 43.4 Å². The summed E-state index contributed by atoms with van der Waals surface area (Å²) in [6, 6.07) is 0. The molecule has 0 aromatic rings. The van der Waals surface area contributed by atoms with E-state index >= 15 is 0 Å². The van der Waals surface area contributed by atoms with Crippen LogP contribution in [0.5, 0.6) is 0 Å². The second-order valence-electron chi connectivity index (χ2n) is 5.68. The number of carbonyl (C=O) groups excluding carboxylic acids is 1. The van der Waals surface area contributed by atoms with Gasteiger partial charge in [0.15, 0.2) is 0 Å². The highest BCUT2D eigenvalue weighted by Gasteiger charge is 2.32. The van der Waals surface area contributed by atoms with E-state index in [9.17, 15) is 4.79 Å². The van der Waals surface area contributed by atoms with Crippen molar-refractivity contribution in [2.24, 2.45) is 11.8 Å². The maximum absolute atomic E-state index is 12.4. The molecule has 0 radical (unpaired) electrons. The summed E-state index contributed by atoms with van der Waals surface area (Å²) in [6.07, 6.45) is 7.12. The van der Waals surface area contributed by atoms with Crippen LogP contribution in [0.15, 0.2) is 23.4 Å². The molecule has 2 atom stereocenters. The Hall–Kier alpha value is -1.09. The van der Waals surface area contributed by atoms with Crippen molar-refractivity contribution in [1.29, 1.82) is 0 Å². The zero-order valence-corrected chi connectivity index (χ0v) is 11.7. The minimum atomic E-state index is 0.0784. The maximum atomic E-state index is 12.4.